The van der Waals surface area contributed by atoms with Crippen LogP contribution in [0.25, 0.3) is 11.5 Å². The fraction of sp³-hybridized carbons (Fsp3) is 0.263. The Hall–Kier alpha value is -2.86. The van der Waals surface area contributed by atoms with Crippen molar-refractivity contribution in [1.29, 1.82) is 0 Å². The molecular weight excluding hydrogens is 318 g/mol. The zero-order valence-electron chi connectivity index (χ0n) is 14.6. The van der Waals surface area contributed by atoms with Crippen LogP contribution in [0.4, 0.5) is 0 Å². The molecule has 130 valence electrons. The first-order chi connectivity index (χ1) is 12.2. The van der Waals surface area contributed by atoms with E-state index in [9.17, 15) is 0 Å². The van der Waals surface area contributed by atoms with Gasteiger partial charge in [0.1, 0.15) is 0 Å². The summed E-state index contributed by atoms with van der Waals surface area (Å²) < 4.78 is 16.3. The smallest absolute Gasteiger partial charge is 0.248 e. The lowest BCUT2D eigenvalue weighted by Crippen LogP contribution is -2.13. The first-order valence-corrected chi connectivity index (χ1v) is 8.01. The number of rotatable bonds is 7. The monoisotopic (exact) mass is 339 g/mol. The molecule has 3 aromatic rings. The summed E-state index contributed by atoms with van der Waals surface area (Å²) in [5, 5.41) is 11.5. The summed E-state index contributed by atoms with van der Waals surface area (Å²) in [5.41, 5.74) is 3.15. The Labute approximate surface area is 146 Å². The second-order valence-corrected chi connectivity index (χ2v) is 5.61. The molecule has 0 radical (unpaired) electrons. The summed E-state index contributed by atoms with van der Waals surface area (Å²) in [6, 6.07) is 13.8. The van der Waals surface area contributed by atoms with E-state index >= 15 is 0 Å². The predicted octanol–water partition coefficient (Wildman–Crippen LogP) is 3.35. The van der Waals surface area contributed by atoms with E-state index in [-0.39, 0.29) is 0 Å². The number of hydrogen-bond donors (Lipinski definition) is 1. The van der Waals surface area contributed by atoms with Gasteiger partial charge < -0.3 is 19.2 Å². The van der Waals surface area contributed by atoms with Crippen LogP contribution in [0.3, 0.4) is 0 Å². The Morgan fingerprint density at radius 1 is 0.960 bits per heavy atom. The third-order valence-corrected chi connectivity index (χ3v) is 3.90. The number of nitrogens with one attached hydrogen (secondary N) is 1. The molecule has 0 aliphatic rings. The van der Waals surface area contributed by atoms with Gasteiger partial charge in [-0.1, -0.05) is 24.3 Å². The maximum Gasteiger partial charge on any atom is 0.248 e. The number of aryl methyl sites for hydroxylation is 1. The van der Waals surface area contributed by atoms with Gasteiger partial charge in [0.2, 0.25) is 11.8 Å². The van der Waals surface area contributed by atoms with E-state index in [1.54, 1.807) is 14.2 Å². The Balaban J connectivity index is 1.61. The van der Waals surface area contributed by atoms with E-state index in [2.05, 4.69) is 15.5 Å². The van der Waals surface area contributed by atoms with Crippen molar-refractivity contribution in [2.45, 2.75) is 20.0 Å². The highest BCUT2D eigenvalue weighted by atomic mass is 16.5. The van der Waals surface area contributed by atoms with Crippen LogP contribution in [-0.4, -0.2) is 24.4 Å². The van der Waals surface area contributed by atoms with Crippen LogP contribution in [0, 0.1) is 6.92 Å². The van der Waals surface area contributed by atoms with Crippen LogP contribution in [0.2, 0.25) is 0 Å². The molecule has 1 heterocycles. The molecule has 0 saturated carbocycles. The van der Waals surface area contributed by atoms with Crippen molar-refractivity contribution in [2.24, 2.45) is 0 Å². The highest BCUT2D eigenvalue weighted by Crippen LogP contribution is 2.27. The fourth-order valence-electron chi connectivity index (χ4n) is 2.55. The molecule has 0 amide bonds. The van der Waals surface area contributed by atoms with Gasteiger partial charge >= 0.3 is 0 Å². The molecule has 1 N–H and O–H groups in total. The highest BCUT2D eigenvalue weighted by Gasteiger charge is 2.10. The molecule has 25 heavy (non-hydrogen) atoms. The zero-order chi connectivity index (χ0) is 17.6. The molecule has 3 rings (SSSR count). The standard InChI is InChI=1S/C19H21N3O3/c1-13-6-4-5-7-15(13)19-22-21-18(25-19)12-20-11-14-8-9-16(23-2)17(10-14)24-3/h4-10,20H,11-12H2,1-3H3. The molecule has 0 saturated heterocycles. The van der Waals surface area contributed by atoms with E-state index in [4.69, 9.17) is 13.9 Å². The normalized spacial score (nSPS) is 10.7. The molecule has 0 spiro atoms. The molecule has 1 aromatic heterocycles. The summed E-state index contributed by atoms with van der Waals surface area (Å²) in [7, 11) is 3.25. The van der Waals surface area contributed by atoms with E-state index in [1.807, 2.05) is 49.4 Å². The number of benzene rings is 2. The Morgan fingerprint density at radius 2 is 1.76 bits per heavy atom. The molecule has 0 bridgehead atoms. The van der Waals surface area contributed by atoms with Gasteiger partial charge in [-0.05, 0) is 36.2 Å². The van der Waals surface area contributed by atoms with Crippen LogP contribution in [0.1, 0.15) is 17.0 Å². The van der Waals surface area contributed by atoms with Crippen molar-refractivity contribution in [3.8, 4) is 23.0 Å². The summed E-state index contributed by atoms with van der Waals surface area (Å²) in [6.07, 6.45) is 0. The van der Waals surface area contributed by atoms with Crippen molar-refractivity contribution in [3.63, 3.8) is 0 Å². The van der Waals surface area contributed by atoms with Crippen molar-refractivity contribution < 1.29 is 13.9 Å². The Kier molecular flexibility index (Phi) is 5.30. The van der Waals surface area contributed by atoms with Gasteiger partial charge in [0.25, 0.3) is 0 Å². The number of ether oxygens (including phenoxy) is 2. The molecule has 6 heteroatoms. The first kappa shape index (κ1) is 17.0. The Bertz CT molecular complexity index is 845. The van der Waals surface area contributed by atoms with Crippen molar-refractivity contribution in [1.82, 2.24) is 15.5 Å². The van der Waals surface area contributed by atoms with E-state index in [0.717, 1.165) is 16.7 Å². The predicted molar refractivity (Wildman–Crippen MR) is 94.6 cm³/mol. The van der Waals surface area contributed by atoms with Crippen LogP contribution in [0.15, 0.2) is 46.9 Å². The zero-order valence-corrected chi connectivity index (χ0v) is 14.6. The first-order valence-electron chi connectivity index (χ1n) is 8.01. The van der Waals surface area contributed by atoms with Crippen LogP contribution in [-0.2, 0) is 13.1 Å². The lowest BCUT2D eigenvalue weighted by molar-refractivity contribution is 0.354. The van der Waals surface area contributed by atoms with Gasteiger partial charge in [-0.25, -0.2) is 0 Å². The van der Waals surface area contributed by atoms with E-state index in [0.29, 0.717) is 36.4 Å². The van der Waals surface area contributed by atoms with E-state index in [1.165, 1.54) is 0 Å². The largest absolute Gasteiger partial charge is 0.493 e. The summed E-state index contributed by atoms with van der Waals surface area (Å²) >= 11 is 0. The lowest BCUT2D eigenvalue weighted by Gasteiger charge is -2.09. The number of hydrogen-bond acceptors (Lipinski definition) is 6. The molecular formula is C19H21N3O3. The van der Waals surface area contributed by atoms with E-state index < -0.39 is 0 Å². The quantitative estimate of drug-likeness (QED) is 0.712. The fourth-order valence-corrected chi connectivity index (χ4v) is 2.55. The van der Waals surface area contributed by atoms with Gasteiger partial charge in [0, 0.05) is 12.1 Å². The third kappa shape index (κ3) is 3.97. The second-order valence-electron chi connectivity index (χ2n) is 5.61. The molecule has 0 aliphatic heterocycles. The van der Waals surface area contributed by atoms with Crippen LogP contribution >= 0.6 is 0 Å². The average Bonchev–Trinajstić information content (AvgIpc) is 3.10. The topological polar surface area (TPSA) is 69.4 Å². The third-order valence-electron chi connectivity index (χ3n) is 3.90. The van der Waals surface area contributed by atoms with Crippen molar-refractivity contribution >= 4 is 0 Å². The van der Waals surface area contributed by atoms with Crippen LogP contribution < -0.4 is 14.8 Å². The van der Waals surface area contributed by atoms with Gasteiger partial charge in [-0.3, -0.25) is 0 Å². The summed E-state index contributed by atoms with van der Waals surface area (Å²) in [5.74, 6) is 2.52. The maximum absolute atomic E-state index is 5.74. The van der Waals surface area contributed by atoms with Gasteiger partial charge in [-0.2, -0.15) is 0 Å². The van der Waals surface area contributed by atoms with Gasteiger partial charge in [0.05, 0.1) is 20.8 Å². The summed E-state index contributed by atoms with van der Waals surface area (Å²) in [6.45, 7) is 3.17. The second kappa shape index (κ2) is 7.81. The summed E-state index contributed by atoms with van der Waals surface area (Å²) in [4.78, 5) is 0. The Morgan fingerprint density at radius 3 is 2.52 bits per heavy atom. The molecule has 0 atom stereocenters. The number of aromatic nitrogens is 2. The molecule has 6 nitrogen and oxygen atoms in total. The number of nitrogens with zero attached hydrogens (tertiary/aromatic N) is 2. The molecule has 0 fully saturated rings. The van der Waals surface area contributed by atoms with Gasteiger partial charge in [0.15, 0.2) is 11.5 Å². The SMILES string of the molecule is COc1ccc(CNCc2nnc(-c3ccccc3C)o2)cc1OC. The minimum absolute atomic E-state index is 0.493. The lowest BCUT2D eigenvalue weighted by atomic mass is 10.1. The van der Waals surface area contributed by atoms with Crippen molar-refractivity contribution in [2.75, 3.05) is 14.2 Å². The molecule has 0 aliphatic carbocycles. The minimum Gasteiger partial charge on any atom is -0.493 e. The molecule has 0 unspecified atom stereocenters. The highest BCUT2D eigenvalue weighted by molar-refractivity contribution is 5.57. The average molecular weight is 339 g/mol. The van der Waals surface area contributed by atoms with Crippen LogP contribution in [0.5, 0.6) is 11.5 Å². The molecule has 2 aromatic carbocycles. The maximum atomic E-state index is 5.74. The van der Waals surface area contributed by atoms with Crippen molar-refractivity contribution in [3.05, 3.63) is 59.5 Å². The van der Waals surface area contributed by atoms with Gasteiger partial charge in [-0.15, -0.1) is 10.2 Å². The number of methoxy groups -OCH3 is 2. The minimum atomic E-state index is 0.493.